The standard InChI is InChI=1S/C21H23N3O2/c22-13-18-8-4-9-19(12-18)23-21(25)16-24(15-20-10-5-11-26-20)14-17-6-2-1-3-7-17/h1-4,6-9,12,20H,5,10-11,14-16H2,(H,23,25). The van der Waals surface area contributed by atoms with Crippen LogP contribution in [-0.4, -0.2) is 36.6 Å². The zero-order valence-electron chi connectivity index (χ0n) is 14.7. The van der Waals surface area contributed by atoms with Crippen LogP contribution >= 0.6 is 0 Å². The number of anilines is 1. The minimum atomic E-state index is -0.0889. The fraction of sp³-hybridized carbons (Fsp3) is 0.333. The van der Waals surface area contributed by atoms with Crippen LogP contribution in [-0.2, 0) is 16.1 Å². The molecule has 0 saturated carbocycles. The number of rotatable bonds is 7. The lowest BCUT2D eigenvalue weighted by Gasteiger charge is -2.24. The Morgan fingerprint density at radius 1 is 1.23 bits per heavy atom. The molecule has 1 heterocycles. The summed E-state index contributed by atoms with van der Waals surface area (Å²) >= 11 is 0. The number of carbonyl (C=O) groups excluding carboxylic acids is 1. The molecule has 3 rings (SSSR count). The van der Waals surface area contributed by atoms with E-state index in [1.54, 1.807) is 24.3 Å². The average molecular weight is 349 g/mol. The van der Waals surface area contributed by atoms with E-state index in [9.17, 15) is 4.79 Å². The first kappa shape index (κ1) is 18.1. The van der Waals surface area contributed by atoms with E-state index in [1.165, 1.54) is 5.56 Å². The Morgan fingerprint density at radius 3 is 2.81 bits per heavy atom. The topological polar surface area (TPSA) is 65.4 Å². The van der Waals surface area contributed by atoms with Crippen LogP contribution < -0.4 is 5.32 Å². The van der Waals surface area contributed by atoms with Gasteiger partial charge in [0.2, 0.25) is 5.91 Å². The molecule has 1 fully saturated rings. The van der Waals surface area contributed by atoms with Crippen molar-refractivity contribution in [2.45, 2.75) is 25.5 Å². The molecule has 1 unspecified atom stereocenters. The zero-order valence-corrected chi connectivity index (χ0v) is 14.7. The number of amides is 1. The van der Waals surface area contributed by atoms with Crippen molar-refractivity contribution in [2.24, 2.45) is 0 Å². The molecular formula is C21H23N3O2. The Morgan fingerprint density at radius 2 is 2.08 bits per heavy atom. The van der Waals surface area contributed by atoms with Crippen LogP contribution in [0.1, 0.15) is 24.0 Å². The van der Waals surface area contributed by atoms with Crippen LogP contribution in [0.5, 0.6) is 0 Å². The van der Waals surface area contributed by atoms with Gasteiger partial charge in [-0.2, -0.15) is 5.26 Å². The zero-order chi connectivity index (χ0) is 18.2. The first-order valence-corrected chi connectivity index (χ1v) is 8.91. The van der Waals surface area contributed by atoms with E-state index in [0.717, 1.165) is 26.0 Å². The SMILES string of the molecule is N#Cc1cccc(NC(=O)CN(Cc2ccccc2)CC2CCCO2)c1. The van der Waals surface area contributed by atoms with Gasteiger partial charge in [-0.05, 0) is 36.6 Å². The summed E-state index contributed by atoms with van der Waals surface area (Å²) < 4.78 is 5.74. The normalized spacial score (nSPS) is 16.4. The molecule has 0 radical (unpaired) electrons. The van der Waals surface area contributed by atoms with Crippen molar-refractivity contribution in [1.29, 1.82) is 5.26 Å². The highest BCUT2D eigenvalue weighted by Gasteiger charge is 2.21. The smallest absolute Gasteiger partial charge is 0.238 e. The summed E-state index contributed by atoms with van der Waals surface area (Å²) in [6.07, 6.45) is 2.31. The second kappa shape index (κ2) is 9.14. The second-order valence-corrected chi connectivity index (χ2v) is 6.53. The van der Waals surface area contributed by atoms with Gasteiger partial charge < -0.3 is 10.1 Å². The van der Waals surface area contributed by atoms with Crippen LogP contribution in [0.3, 0.4) is 0 Å². The van der Waals surface area contributed by atoms with Crippen LogP contribution in [0.25, 0.3) is 0 Å². The maximum Gasteiger partial charge on any atom is 0.238 e. The average Bonchev–Trinajstić information content (AvgIpc) is 3.15. The molecule has 1 amide bonds. The van der Waals surface area contributed by atoms with Gasteiger partial charge in [0.05, 0.1) is 24.3 Å². The van der Waals surface area contributed by atoms with Gasteiger partial charge in [-0.3, -0.25) is 9.69 Å². The van der Waals surface area contributed by atoms with Crippen LogP contribution in [0.2, 0.25) is 0 Å². The third-order valence-electron chi connectivity index (χ3n) is 4.38. The predicted octanol–water partition coefficient (Wildman–Crippen LogP) is 3.18. The lowest BCUT2D eigenvalue weighted by molar-refractivity contribution is -0.117. The molecule has 1 atom stereocenters. The van der Waals surface area contributed by atoms with Gasteiger partial charge >= 0.3 is 0 Å². The van der Waals surface area contributed by atoms with E-state index in [-0.39, 0.29) is 18.6 Å². The maximum absolute atomic E-state index is 12.5. The molecule has 1 aliphatic heterocycles. The van der Waals surface area contributed by atoms with Crippen LogP contribution in [0.4, 0.5) is 5.69 Å². The van der Waals surface area contributed by atoms with Crippen molar-refractivity contribution in [1.82, 2.24) is 4.90 Å². The van der Waals surface area contributed by atoms with Crippen molar-refractivity contribution < 1.29 is 9.53 Å². The molecule has 0 bridgehead atoms. The molecular weight excluding hydrogens is 326 g/mol. The number of ether oxygens (including phenoxy) is 1. The summed E-state index contributed by atoms with van der Waals surface area (Å²) in [7, 11) is 0. The van der Waals surface area contributed by atoms with E-state index in [2.05, 4.69) is 28.4 Å². The molecule has 5 heteroatoms. The summed E-state index contributed by atoms with van der Waals surface area (Å²) in [4.78, 5) is 14.6. The summed E-state index contributed by atoms with van der Waals surface area (Å²) in [5, 5.41) is 11.9. The number of nitrogens with zero attached hydrogens (tertiary/aromatic N) is 2. The van der Waals surface area contributed by atoms with E-state index < -0.39 is 0 Å². The molecule has 1 saturated heterocycles. The fourth-order valence-corrected chi connectivity index (χ4v) is 3.17. The summed E-state index contributed by atoms with van der Waals surface area (Å²) in [6.45, 7) is 2.52. The van der Waals surface area contributed by atoms with E-state index in [0.29, 0.717) is 17.8 Å². The number of hydrogen-bond donors (Lipinski definition) is 1. The third-order valence-corrected chi connectivity index (χ3v) is 4.38. The van der Waals surface area contributed by atoms with Crippen molar-refractivity contribution in [3.8, 4) is 6.07 Å². The van der Waals surface area contributed by atoms with E-state index >= 15 is 0 Å². The Labute approximate surface area is 154 Å². The maximum atomic E-state index is 12.5. The van der Waals surface area contributed by atoms with E-state index in [4.69, 9.17) is 10.00 Å². The Kier molecular flexibility index (Phi) is 6.37. The summed E-state index contributed by atoms with van der Waals surface area (Å²) in [6, 6.07) is 19.2. The minimum Gasteiger partial charge on any atom is -0.377 e. The third kappa shape index (κ3) is 5.41. The molecule has 0 spiro atoms. The lowest BCUT2D eigenvalue weighted by Crippen LogP contribution is -2.37. The van der Waals surface area contributed by atoms with Crippen molar-refractivity contribution in [3.05, 3.63) is 65.7 Å². The number of nitriles is 1. The van der Waals surface area contributed by atoms with Gasteiger partial charge in [0.1, 0.15) is 0 Å². The molecule has 134 valence electrons. The van der Waals surface area contributed by atoms with Gasteiger partial charge in [0.15, 0.2) is 0 Å². The second-order valence-electron chi connectivity index (χ2n) is 6.53. The molecule has 26 heavy (non-hydrogen) atoms. The Balaban J connectivity index is 1.63. The summed E-state index contributed by atoms with van der Waals surface area (Å²) in [5.41, 5.74) is 2.35. The largest absolute Gasteiger partial charge is 0.377 e. The number of hydrogen-bond acceptors (Lipinski definition) is 4. The quantitative estimate of drug-likeness (QED) is 0.834. The van der Waals surface area contributed by atoms with Gasteiger partial charge in [0.25, 0.3) is 0 Å². The highest BCUT2D eigenvalue weighted by molar-refractivity contribution is 5.92. The van der Waals surface area contributed by atoms with Gasteiger partial charge in [0, 0.05) is 25.4 Å². The van der Waals surface area contributed by atoms with Crippen LogP contribution in [0, 0.1) is 11.3 Å². The fourth-order valence-electron chi connectivity index (χ4n) is 3.17. The lowest BCUT2D eigenvalue weighted by atomic mass is 10.2. The molecule has 5 nitrogen and oxygen atoms in total. The Bertz CT molecular complexity index is 764. The molecule has 1 aliphatic rings. The van der Waals surface area contributed by atoms with Crippen molar-refractivity contribution in [2.75, 3.05) is 25.0 Å². The van der Waals surface area contributed by atoms with Crippen molar-refractivity contribution in [3.63, 3.8) is 0 Å². The van der Waals surface area contributed by atoms with E-state index in [1.807, 2.05) is 18.2 Å². The van der Waals surface area contributed by atoms with Gasteiger partial charge in [-0.25, -0.2) is 0 Å². The number of nitrogens with one attached hydrogen (secondary N) is 1. The predicted molar refractivity (Wildman–Crippen MR) is 100 cm³/mol. The Hall–Kier alpha value is -2.68. The van der Waals surface area contributed by atoms with Crippen molar-refractivity contribution >= 4 is 11.6 Å². The van der Waals surface area contributed by atoms with Crippen LogP contribution in [0.15, 0.2) is 54.6 Å². The molecule has 2 aromatic rings. The number of carbonyl (C=O) groups is 1. The highest BCUT2D eigenvalue weighted by atomic mass is 16.5. The first-order chi connectivity index (χ1) is 12.7. The van der Waals surface area contributed by atoms with Gasteiger partial charge in [-0.1, -0.05) is 36.4 Å². The highest BCUT2D eigenvalue weighted by Crippen LogP contribution is 2.16. The molecule has 0 aromatic heterocycles. The molecule has 0 aliphatic carbocycles. The first-order valence-electron chi connectivity index (χ1n) is 8.91. The summed E-state index contributed by atoms with van der Waals surface area (Å²) in [5.74, 6) is -0.0889. The molecule has 1 N–H and O–H groups in total. The minimum absolute atomic E-state index is 0.0889. The molecule has 2 aromatic carbocycles. The van der Waals surface area contributed by atoms with Gasteiger partial charge in [-0.15, -0.1) is 0 Å². The number of benzene rings is 2. The monoisotopic (exact) mass is 349 g/mol.